The predicted molar refractivity (Wildman–Crippen MR) is 145 cm³/mol. The van der Waals surface area contributed by atoms with Crippen molar-refractivity contribution in [3.05, 3.63) is 60.4 Å². The number of nitrogens with one attached hydrogen (secondary N) is 2. The first-order chi connectivity index (χ1) is 18.5. The Morgan fingerprint density at radius 1 is 1.00 bits per heavy atom. The lowest BCUT2D eigenvalue weighted by Gasteiger charge is -2.17. The number of pyridine rings is 1. The molecule has 1 aliphatic rings. The molecular weight excluding hydrogens is 482 g/mol. The number of ketones is 1. The van der Waals surface area contributed by atoms with Crippen LogP contribution in [0.4, 0.5) is 23.0 Å². The summed E-state index contributed by atoms with van der Waals surface area (Å²) < 4.78 is 7.37. The lowest BCUT2D eigenvalue weighted by molar-refractivity contribution is 0.0988. The van der Waals surface area contributed by atoms with Crippen LogP contribution < -0.4 is 15.4 Å². The second kappa shape index (κ2) is 11.3. The summed E-state index contributed by atoms with van der Waals surface area (Å²) in [6, 6.07) is 7.44. The van der Waals surface area contributed by atoms with E-state index in [0.717, 1.165) is 30.9 Å². The van der Waals surface area contributed by atoms with Crippen LogP contribution in [0.15, 0.2) is 49.2 Å². The SMILES string of the molecule is CCC(=O)c1cnc(Nc2cnc(CN3CCCC3)cn2)cc1Nc1cccc(-c2ncn(C)n2)c1OC. The Bertz CT molecular complexity index is 1410. The summed E-state index contributed by atoms with van der Waals surface area (Å²) in [5.74, 6) is 2.19. The van der Waals surface area contributed by atoms with Crippen LogP contribution in [-0.4, -0.2) is 60.6 Å². The molecule has 0 atom stereocenters. The van der Waals surface area contributed by atoms with Crippen LogP contribution in [0.1, 0.15) is 42.2 Å². The van der Waals surface area contributed by atoms with Crippen LogP contribution in [0.25, 0.3) is 11.4 Å². The van der Waals surface area contributed by atoms with Crippen molar-refractivity contribution in [2.45, 2.75) is 32.7 Å². The molecule has 0 saturated carbocycles. The van der Waals surface area contributed by atoms with Gasteiger partial charge >= 0.3 is 0 Å². The normalized spacial score (nSPS) is 13.4. The third-order valence-corrected chi connectivity index (χ3v) is 6.40. The summed E-state index contributed by atoms with van der Waals surface area (Å²) in [5.41, 5.74) is 3.42. The van der Waals surface area contributed by atoms with Gasteiger partial charge in [0, 0.05) is 32.3 Å². The number of anilines is 4. The van der Waals surface area contributed by atoms with Gasteiger partial charge in [-0.25, -0.2) is 15.0 Å². The van der Waals surface area contributed by atoms with Crippen molar-refractivity contribution in [2.75, 3.05) is 30.8 Å². The van der Waals surface area contributed by atoms with E-state index in [1.54, 1.807) is 42.8 Å². The van der Waals surface area contributed by atoms with Gasteiger partial charge < -0.3 is 15.4 Å². The Hall–Kier alpha value is -4.38. The Morgan fingerprint density at radius 2 is 1.82 bits per heavy atom. The standard InChI is InChI=1S/C27H31N9O2/c1-4-23(37)20-14-30-24(33-25-15-28-18(13-29-25)16-36-10-5-6-11-36)12-22(20)32-21-9-7-8-19(26(21)38-3)27-31-17-35(2)34-27/h7-9,12-15,17H,4-6,10-11,16H2,1-3H3,(H2,29,30,32,33). The summed E-state index contributed by atoms with van der Waals surface area (Å²) in [7, 11) is 3.40. The fourth-order valence-corrected chi connectivity index (χ4v) is 4.48. The molecule has 196 valence electrons. The minimum Gasteiger partial charge on any atom is -0.494 e. The highest BCUT2D eigenvalue weighted by Crippen LogP contribution is 2.37. The average molecular weight is 514 g/mol. The molecule has 3 aromatic heterocycles. The van der Waals surface area contributed by atoms with E-state index in [1.165, 1.54) is 12.8 Å². The molecule has 1 saturated heterocycles. The molecule has 0 bridgehead atoms. The minimum atomic E-state index is -0.0286. The zero-order chi connectivity index (χ0) is 26.5. The van der Waals surface area contributed by atoms with Crippen LogP contribution >= 0.6 is 0 Å². The molecular formula is C27H31N9O2. The van der Waals surface area contributed by atoms with Gasteiger partial charge in [0.25, 0.3) is 0 Å². The first-order valence-electron chi connectivity index (χ1n) is 12.7. The number of nitrogens with zero attached hydrogens (tertiary/aromatic N) is 7. The largest absolute Gasteiger partial charge is 0.494 e. The molecule has 0 unspecified atom stereocenters. The van der Waals surface area contributed by atoms with Crippen LogP contribution in [0.5, 0.6) is 5.75 Å². The number of ether oxygens (including phenoxy) is 1. The molecule has 2 N–H and O–H groups in total. The molecule has 11 nitrogen and oxygen atoms in total. The van der Waals surface area contributed by atoms with Crippen LogP contribution in [0.2, 0.25) is 0 Å². The average Bonchev–Trinajstić information content (AvgIpc) is 3.61. The number of aromatic nitrogens is 6. The molecule has 1 aliphatic heterocycles. The molecule has 4 aromatic rings. The van der Waals surface area contributed by atoms with E-state index < -0.39 is 0 Å². The second-order valence-electron chi connectivity index (χ2n) is 9.15. The molecule has 0 aliphatic carbocycles. The van der Waals surface area contributed by atoms with E-state index in [4.69, 9.17) is 4.74 Å². The quantitative estimate of drug-likeness (QED) is 0.296. The van der Waals surface area contributed by atoms with E-state index in [9.17, 15) is 4.79 Å². The number of rotatable bonds is 10. The number of likely N-dealkylation sites (tertiary alicyclic amines) is 1. The van der Waals surface area contributed by atoms with Gasteiger partial charge in [0.15, 0.2) is 17.4 Å². The van der Waals surface area contributed by atoms with E-state index in [0.29, 0.717) is 46.6 Å². The van der Waals surface area contributed by atoms with Crippen LogP contribution in [0.3, 0.4) is 0 Å². The number of carbonyl (C=O) groups is 1. The molecule has 38 heavy (non-hydrogen) atoms. The van der Waals surface area contributed by atoms with E-state index >= 15 is 0 Å². The van der Waals surface area contributed by atoms with Gasteiger partial charge in [-0.15, -0.1) is 0 Å². The number of methoxy groups -OCH3 is 1. The molecule has 4 heterocycles. The maximum atomic E-state index is 12.7. The maximum absolute atomic E-state index is 12.7. The Morgan fingerprint density at radius 3 is 2.50 bits per heavy atom. The van der Waals surface area contributed by atoms with Crippen molar-refractivity contribution in [3.63, 3.8) is 0 Å². The lowest BCUT2D eigenvalue weighted by Crippen LogP contribution is -2.19. The van der Waals surface area contributed by atoms with Gasteiger partial charge in [0.1, 0.15) is 18.0 Å². The van der Waals surface area contributed by atoms with Crippen molar-refractivity contribution in [1.82, 2.24) is 34.6 Å². The Balaban J connectivity index is 1.41. The third kappa shape index (κ3) is 5.62. The predicted octanol–water partition coefficient (Wildman–Crippen LogP) is 4.35. The summed E-state index contributed by atoms with van der Waals surface area (Å²) in [6.45, 7) is 4.85. The van der Waals surface area contributed by atoms with E-state index in [2.05, 4.69) is 40.6 Å². The van der Waals surface area contributed by atoms with Gasteiger partial charge in [0.05, 0.1) is 47.7 Å². The molecule has 0 spiro atoms. The van der Waals surface area contributed by atoms with E-state index in [-0.39, 0.29) is 5.78 Å². The van der Waals surface area contributed by atoms with Crippen molar-refractivity contribution < 1.29 is 9.53 Å². The molecule has 1 aromatic carbocycles. The molecule has 1 fully saturated rings. The summed E-state index contributed by atoms with van der Waals surface area (Å²) in [4.78, 5) is 33.0. The number of Topliss-reactive ketones (excluding diaryl/α,β-unsaturated/α-hetero) is 1. The third-order valence-electron chi connectivity index (χ3n) is 6.40. The number of benzene rings is 1. The number of hydrogen-bond donors (Lipinski definition) is 2. The van der Waals surface area contributed by atoms with Gasteiger partial charge in [-0.2, -0.15) is 5.10 Å². The Labute approximate surface area is 221 Å². The molecule has 11 heteroatoms. The zero-order valence-electron chi connectivity index (χ0n) is 21.8. The fourth-order valence-electron chi connectivity index (χ4n) is 4.48. The fraction of sp³-hybridized carbons (Fsp3) is 0.333. The molecule has 0 radical (unpaired) electrons. The summed E-state index contributed by atoms with van der Waals surface area (Å²) >= 11 is 0. The highest BCUT2D eigenvalue weighted by molar-refractivity contribution is 6.02. The lowest BCUT2D eigenvalue weighted by atomic mass is 10.1. The van der Waals surface area contributed by atoms with Crippen LogP contribution in [0, 0.1) is 0 Å². The summed E-state index contributed by atoms with van der Waals surface area (Å²) in [5, 5.41) is 11.0. The Kier molecular flexibility index (Phi) is 7.55. The second-order valence-corrected chi connectivity index (χ2v) is 9.15. The first kappa shape index (κ1) is 25.3. The smallest absolute Gasteiger partial charge is 0.184 e. The zero-order valence-corrected chi connectivity index (χ0v) is 21.8. The highest BCUT2D eigenvalue weighted by Gasteiger charge is 2.18. The maximum Gasteiger partial charge on any atom is 0.184 e. The monoisotopic (exact) mass is 513 g/mol. The van der Waals surface area contributed by atoms with Crippen molar-refractivity contribution in [2.24, 2.45) is 7.05 Å². The van der Waals surface area contributed by atoms with Crippen molar-refractivity contribution >= 4 is 28.8 Å². The van der Waals surface area contributed by atoms with Crippen molar-refractivity contribution in [3.8, 4) is 17.1 Å². The molecule has 0 amide bonds. The number of para-hydroxylation sites is 1. The molecule has 5 rings (SSSR count). The highest BCUT2D eigenvalue weighted by atomic mass is 16.5. The van der Waals surface area contributed by atoms with E-state index in [1.807, 2.05) is 32.2 Å². The number of hydrogen-bond acceptors (Lipinski definition) is 10. The summed E-state index contributed by atoms with van der Waals surface area (Å²) in [6.07, 6.45) is 9.53. The minimum absolute atomic E-state index is 0.0286. The topological polar surface area (TPSA) is 123 Å². The first-order valence-corrected chi connectivity index (χ1v) is 12.7. The van der Waals surface area contributed by atoms with Gasteiger partial charge in [-0.1, -0.05) is 13.0 Å². The van der Waals surface area contributed by atoms with Gasteiger partial charge in [0.2, 0.25) is 0 Å². The van der Waals surface area contributed by atoms with Gasteiger partial charge in [-0.05, 0) is 38.1 Å². The number of carbonyl (C=O) groups excluding carboxylic acids is 1. The van der Waals surface area contributed by atoms with Gasteiger partial charge in [-0.3, -0.25) is 19.4 Å². The number of aryl methyl sites for hydroxylation is 1. The van der Waals surface area contributed by atoms with Crippen LogP contribution in [-0.2, 0) is 13.6 Å². The van der Waals surface area contributed by atoms with Crippen molar-refractivity contribution in [1.29, 1.82) is 0 Å².